The van der Waals surface area contributed by atoms with E-state index in [1.54, 1.807) is 7.11 Å². The van der Waals surface area contributed by atoms with Gasteiger partial charge >= 0.3 is 0 Å². The van der Waals surface area contributed by atoms with Gasteiger partial charge in [-0.1, -0.05) is 19.9 Å². The number of nitrogens with zero attached hydrogens (tertiary/aromatic N) is 1. The maximum absolute atomic E-state index is 5.38. The third-order valence-electron chi connectivity index (χ3n) is 3.56. The van der Waals surface area contributed by atoms with Crippen molar-refractivity contribution in [3.05, 3.63) is 23.8 Å². The lowest BCUT2D eigenvalue weighted by molar-refractivity contribution is 0.390. The van der Waals surface area contributed by atoms with E-state index in [0.717, 1.165) is 25.4 Å². The molecule has 0 saturated heterocycles. The Morgan fingerprint density at radius 1 is 1.37 bits per heavy atom. The summed E-state index contributed by atoms with van der Waals surface area (Å²) in [4.78, 5) is 2.49. The van der Waals surface area contributed by atoms with E-state index in [4.69, 9.17) is 4.74 Å². The molecule has 1 aromatic rings. The second-order valence-corrected chi connectivity index (χ2v) is 6.51. The number of nitrogens with one attached hydrogen (secondary N) is 1. The molecule has 3 heteroatoms. The first-order valence-electron chi connectivity index (χ1n) is 7.08. The van der Waals surface area contributed by atoms with E-state index in [2.05, 4.69) is 50.0 Å². The third kappa shape index (κ3) is 3.41. The van der Waals surface area contributed by atoms with E-state index in [-0.39, 0.29) is 5.54 Å². The molecule has 19 heavy (non-hydrogen) atoms. The Labute approximate surface area is 116 Å². The Hall–Kier alpha value is -1.22. The zero-order valence-electron chi connectivity index (χ0n) is 12.8. The van der Waals surface area contributed by atoms with Gasteiger partial charge in [0, 0.05) is 36.9 Å². The van der Waals surface area contributed by atoms with Gasteiger partial charge in [0.15, 0.2) is 0 Å². The highest BCUT2D eigenvalue weighted by Gasteiger charge is 2.27. The maximum atomic E-state index is 5.38. The lowest BCUT2D eigenvalue weighted by Crippen LogP contribution is -2.47. The summed E-state index contributed by atoms with van der Waals surface area (Å²) in [6.07, 6.45) is 0. The molecular formula is C16H26N2O. The van der Waals surface area contributed by atoms with Crippen molar-refractivity contribution in [3.63, 3.8) is 0 Å². The van der Waals surface area contributed by atoms with Crippen LogP contribution in [-0.2, 0) is 6.54 Å². The fraction of sp³-hybridized carbons (Fsp3) is 0.625. The predicted molar refractivity (Wildman–Crippen MR) is 81.0 cm³/mol. The van der Waals surface area contributed by atoms with Crippen molar-refractivity contribution in [1.29, 1.82) is 0 Å². The summed E-state index contributed by atoms with van der Waals surface area (Å²) in [6, 6.07) is 6.39. The molecule has 0 bridgehead atoms. The molecule has 0 atom stereocenters. The van der Waals surface area contributed by atoms with E-state index >= 15 is 0 Å². The predicted octanol–water partition coefficient (Wildman–Crippen LogP) is 3.04. The average molecular weight is 262 g/mol. The van der Waals surface area contributed by atoms with Crippen LogP contribution in [-0.4, -0.2) is 25.7 Å². The van der Waals surface area contributed by atoms with Crippen LogP contribution in [0.2, 0.25) is 0 Å². The number of hydrogen-bond acceptors (Lipinski definition) is 3. The fourth-order valence-corrected chi connectivity index (χ4v) is 2.67. The summed E-state index contributed by atoms with van der Waals surface area (Å²) >= 11 is 0. The second-order valence-electron chi connectivity index (χ2n) is 6.51. The molecular weight excluding hydrogens is 236 g/mol. The molecule has 1 aromatic carbocycles. The summed E-state index contributed by atoms with van der Waals surface area (Å²) < 4.78 is 5.38. The van der Waals surface area contributed by atoms with Gasteiger partial charge in [0.2, 0.25) is 0 Å². The van der Waals surface area contributed by atoms with Crippen LogP contribution >= 0.6 is 0 Å². The van der Waals surface area contributed by atoms with Gasteiger partial charge in [-0.2, -0.15) is 0 Å². The van der Waals surface area contributed by atoms with E-state index in [1.807, 2.05) is 6.07 Å². The molecule has 106 valence electrons. The van der Waals surface area contributed by atoms with Crippen LogP contribution in [0.5, 0.6) is 5.75 Å². The average Bonchev–Trinajstić information content (AvgIpc) is 2.45. The summed E-state index contributed by atoms with van der Waals surface area (Å²) in [5.41, 5.74) is 2.79. The van der Waals surface area contributed by atoms with Gasteiger partial charge in [-0.3, -0.25) is 0 Å². The maximum Gasteiger partial charge on any atom is 0.120 e. The van der Waals surface area contributed by atoms with Crippen molar-refractivity contribution in [2.24, 2.45) is 5.92 Å². The topological polar surface area (TPSA) is 24.5 Å². The van der Waals surface area contributed by atoms with Crippen molar-refractivity contribution in [2.45, 2.75) is 39.8 Å². The molecule has 2 rings (SSSR count). The number of anilines is 1. The lowest BCUT2D eigenvalue weighted by Gasteiger charge is -2.33. The fourth-order valence-electron chi connectivity index (χ4n) is 2.67. The summed E-state index contributed by atoms with van der Waals surface area (Å²) in [5, 5.41) is 3.64. The normalized spacial score (nSPS) is 18.1. The highest BCUT2D eigenvalue weighted by atomic mass is 16.5. The van der Waals surface area contributed by atoms with Gasteiger partial charge in [-0.25, -0.2) is 0 Å². The molecule has 1 heterocycles. The van der Waals surface area contributed by atoms with Gasteiger partial charge in [0.05, 0.1) is 7.11 Å². The molecule has 0 aromatic heterocycles. The minimum atomic E-state index is 0.126. The summed E-state index contributed by atoms with van der Waals surface area (Å²) in [6.45, 7) is 12.1. The van der Waals surface area contributed by atoms with Gasteiger partial charge < -0.3 is 15.0 Å². The smallest absolute Gasteiger partial charge is 0.120 e. The molecule has 1 aliphatic rings. The Bertz CT molecular complexity index is 440. The van der Waals surface area contributed by atoms with Crippen LogP contribution in [0.1, 0.15) is 33.3 Å². The summed E-state index contributed by atoms with van der Waals surface area (Å²) in [7, 11) is 1.73. The minimum absolute atomic E-state index is 0.126. The van der Waals surface area contributed by atoms with Crippen LogP contribution < -0.4 is 15.0 Å². The van der Waals surface area contributed by atoms with Crippen molar-refractivity contribution < 1.29 is 4.74 Å². The van der Waals surface area contributed by atoms with E-state index in [1.165, 1.54) is 11.3 Å². The van der Waals surface area contributed by atoms with Crippen LogP contribution in [0.3, 0.4) is 0 Å². The third-order valence-corrected chi connectivity index (χ3v) is 3.56. The number of methoxy groups -OCH3 is 1. The van der Waals surface area contributed by atoms with Gasteiger partial charge in [-0.15, -0.1) is 0 Å². The SMILES string of the molecule is COc1ccc2c(c1)N(CC(C)C)CC(C)(C)NC2. The molecule has 0 saturated carbocycles. The quantitative estimate of drug-likeness (QED) is 0.906. The minimum Gasteiger partial charge on any atom is -0.497 e. The number of benzene rings is 1. The van der Waals surface area contributed by atoms with Crippen LogP contribution in [0.25, 0.3) is 0 Å². The first-order valence-corrected chi connectivity index (χ1v) is 7.08. The van der Waals surface area contributed by atoms with E-state index in [0.29, 0.717) is 5.92 Å². The Morgan fingerprint density at radius 2 is 2.11 bits per heavy atom. The number of rotatable bonds is 3. The van der Waals surface area contributed by atoms with Crippen molar-refractivity contribution in [3.8, 4) is 5.75 Å². The van der Waals surface area contributed by atoms with Crippen molar-refractivity contribution in [2.75, 3.05) is 25.1 Å². The Balaban J connectivity index is 2.38. The lowest BCUT2D eigenvalue weighted by atomic mass is 10.0. The Kier molecular flexibility index (Phi) is 4.04. The highest BCUT2D eigenvalue weighted by Crippen LogP contribution is 2.30. The number of hydrogen-bond donors (Lipinski definition) is 1. The monoisotopic (exact) mass is 262 g/mol. The van der Waals surface area contributed by atoms with Crippen LogP contribution in [0, 0.1) is 5.92 Å². The van der Waals surface area contributed by atoms with Gasteiger partial charge in [-0.05, 0) is 31.4 Å². The molecule has 3 nitrogen and oxygen atoms in total. The summed E-state index contributed by atoms with van der Waals surface area (Å²) in [5.74, 6) is 1.58. The van der Waals surface area contributed by atoms with Gasteiger partial charge in [0.25, 0.3) is 0 Å². The van der Waals surface area contributed by atoms with Crippen molar-refractivity contribution in [1.82, 2.24) is 5.32 Å². The molecule has 0 aliphatic carbocycles. The first kappa shape index (κ1) is 14.2. The molecule has 0 unspecified atom stereocenters. The van der Waals surface area contributed by atoms with Crippen molar-refractivity contribution >= 4 is 5.69 Å². The van der Waals surface area contributed by atoms with Crippen LogP contribution in [0.15, 0.2) is 18.2 Å². The number of fused-ring (bicyclic) bond motifs is 1. The molecule has 1 aliphatic heterocycles. The Morgan fingerprint density at radius 3 is 2.74 bits per heavy atom. The zero-order valence-corrected chi connectivity index (χ0v) is 12.8. The van der Waals surface area contributed by atoms with Gasteiger partial charge in [0.1, 0.15) is 5.75 Å². The number of ether oxygens (including phenoxy) is 1. The molecule has 1 N–H and O–H groups in total. The van der Waals surface area contributed by atoms with E-state index in [9.17, 15) is 0 Å². The largest absolute Gasteiger partial charge is 0.497 e. The van der Waals surface area contributed by atoms with Crippen LogP contribution in [0.4, 0.5) is 5.69 Å². The van der Waals surface area contributed by atoms with E-state index < -0.39 is 0 Å². The zero-order chi connectivity index (χ0) is 14.0. The molecule has 0 spiro atoms. The highest BCUT2D eigenvalue weighted by molar-refractivity contribution is 5.58. The molecule has 0 radical (unpaired) electrons. The standard InChI is InChI=1S/C16H26N2O/c1-12(2)10-18-11-16(3,4)17-9-13-6-7-14(19-5)8-15(13)18/h6-8,12,17H,9-11H2,1-5H3. The molecule has 0 amide bonds. The molecule has 0 fully saturated rings. The second kappa shape index (κ2) is 5.41. The first-order chi connectivity index (χ1) is 8.91.